The van der Waals surface area contributed by atoms with Crippen molar-refractivity contribution < 1.29 is 27.5 Å². The smallest absolute Gasteiger partial charge is 0.416 e. The largest absolute Gasteiger partial charge is 0.445 e. The number of amides is 1. The molecule has 1 heterocycles. The Bertz CT molecular complexity index is 817. The minimum absolute atomic E-state index is 0.0320. The molecule has 0 spiro atoms. The van der Waals surface area contributed by atoms with Gasteiger partial charge in [-0.1, -0.05) is 61.9 Å². The number of hydrogen-bond acceptors (Lipinski definition) is 3. The van der Waals surface area contributed by atoms with Crippen LogP contribution in [0.15, 0.2) is 54.1 Å². The van der Waals surface area contributed by atoms with Crippen molar-refractivity contribution in [2.75, 3.05) is 0 Å². The lowest BCUT2D eigenvalue weighted by Crippen LogP contribution is -2.55. The van der Waals surface area contributed by atoms with Gasteiger partial charge in [0.1, 0.15) is 12.4 Å². The summed E-state index contributed by atoms with van der Waals surface area (Å²) in [6, 6.07) is 8.46. The zero-order valence-corrected chi connectivity index (χ0v) is 16.9. The Morgan fingerprint density at radius 1 is 1.20 bits per heavy atom. The van der Waals surface area contributed by atoms with E-state index in [4.69, 9.17) is 4.74 Å². The van der Waals surface area contributed by atoms with Crippen molar-refractivity contribution in [3.8, 4) is 0 Å². The van der Waals surface area contributed by atoms with E-state index in [1.165, 1.54) is 6.08 Å². The zero-order chi connectivity index (χ0) is 21.7. The van der Waals surface area contributed by atoms with Crippen LogP contribution in [0.25, 0.3) is 0 Å². The molecule has 1 amide bonds. The Hall–Kier alpha value is -2.57. The molecule has 1 aliphatic carbocycles. The fourth-order valence-corrected chi connectivity index (χ4v) is 4.19. The molecule has 1 aromatic rings. The monoisotopic (exact) mass is 421 g/mol. The number of likely N-dealkylation sites (tertiary alicyclic amines) is 1. The summed E-state index contributed by atoms with van der Waals surface area (Å²) in [5.74, 6) is -0.325. The molecule has 162 valence electrons. The van der Waals surface area contributed by atoms with E-state index in [9.17, 15) is 22.8 Å². The Kier molecular flexibility index (Phi) is 7.00. The van der Waals surface area contributed by atoms with Gasteiger partial charge in [0.15, 0.2) is 0 Å². The molecular formula is C23H26F3NO3. The topological polar surface area (TPSA) is 46.6 Å². The van der Waals surface area contributed by atoms with Gasteiger partial charge in [-0.15, -0.1) is 0 Å². The highest BCUT2D eigenvalue weighted by atomic mass is 19.4. The van der Waals surface area contributed by atoms with Crippen LogP contribution in [0.2, 0.25) is 0 Å². The number of halogens is 3. The highest BCUT2D eigenvalue weighted by Gasteiger charge is 2.42. The molecule has 30 heavy (non-hydrogen) atoms. The average Bonchev–Trinajstić information content (AvgIpc) is 2.72. The van der Waals surface area contributed by atoms with E-state index < -0.39 is 23.9 Å². The number of nitrogens with zero attached hydrogens (tertiary/aromatic N) is 1. The average molecular weight is 421 g/mol. The minimum atomic E-state index is -4.40. The molecule has 1 saturated heterocycles. The maximum atomic E-state index is 13.0. The van der Waals surface area contributed by atoms with Gasteiger partial charge in [-0.05, 0) is 18.4 Å². The number of rotatable bonds is 5. The SMILES string of the molecule is CCC[C@@H]1CC(=O)C[C@H](C2C=CC(C(F)(F)F)=CC2)N1C(=O)OCc1ccccc1. The van der Waals surface area contributed by atoms with Gasteiger partial charge in [-0.3, -0.25) is 4.79 Å². The fraction of sp³-hybridized carbons (Fsp3) is 0.478. The summed E-state index contributed by atoms with van der Waals surface area (Å²) in [4.78, 5) is 27.0. The summed E-state index contributed by atoms with van der Waals surface area (Å²) < 4.78 is 44.4. The van der Waals surface area contributed by atoms with E-state index in [2.05, 4.69) is 0 Å². The summed E-state index contributed by atoms with van der Waals surface area (Å²) in [6.45, 7) is 2.08. The number of carbonyl (C=O) groups is 2. The quantitative estimate of drug-likeness (QED) is 0.623. The third-order valence-corrected chi connectivity index (χ3v) is 5.64. The van der Waals surface area contributed by atoms with Gasteiger partial charge in [-0.25, -0.2) is 4.79 Å². The molecule has 0 radical (unpaired) electrons. The van der Waals surface area contributed by atoms with Crippen LogP contribution in [0.4, 0.5) is 18.0 Å². The molecular weight excluding hydrogens is 395 g/mol. The van der Waals surface area contributed by atoms with Crippen LogP contribution in [0.1, 0.15) is 44.6 Å². The highest BCUT2D eigenvalue weighted by Crippen LogP contribution is 2.36. The standard InChI is InChI=1S/C23H26F3NO3/c1-2-6-19-13-20(28)14-21(17-9-11-18(12-10-17)23(24,25)26)27(19)22(29)30-15-16-7-4-3-5-8-16/h3-5,7-9,11-12,17,19,21H,2,6,10,13-15H2,1H3/t17?,19-,21-/m1/s1. The number of Topliss-reactive ketones (excluding diaryl/α,β-unsaturated/α-hetero) is 1. The third kappa shape index (κ3) is 5.32. The summed E-state index contributed by atoms with van der Waals surface area (Å²) in [5.41, 5.74) is 0.155. The van der Waals surface area contributed by atoms with E-state index in [0.29, 0.717) is 6.42 Å². The van der Waals surface area contributed by atoms with Crippen LogP contribution in [0.3, 0.4) is 0 Å². The molecule has 3 atom stereocenters. The number of benzene rings is 1. The molecule has 7 heteroatoms. The van der Waals surface area contributed by atoms with E-state index in [1.54, 1.807) is 4.90 Å². The van der Waals surface area contributed by atoms with E-state index in [-0.39, 0.29) is 43.6 Å². The third-order valence-electron chi connectivity index (χ3n) is 5.64. The normalized spacial score (nSPS) is 24.5. The molecule has 3 rings (SSSR count). The second-order valence-corrected chi connectivity index (χ2v) is 7.82. The van der Waals surface area contributed by atoms with Gasteiger partial charge in [0, 0.05) is 30.8 Å². The van der Waals surface area contributed by atoms with Crippen LogP contribution in [0.5, 0.6) is 0 Å². The van der Waals surface area contributed by atoms with E-state index in [0.717, 1.165) is 24.1 Å². The lowest BCUT2D eigenvalue weighted by molar-refractivity contribution is -0.125. The maximum Gasteiger partial charge on any atom is 0.416 e. The highest BCUT2D eigenvalue weighted by molar-refractivity contribution is 5.83. The first kappa shape index (κ1) is 22.1. The van der Waals surface area contributed by atoms with Crippen molar-refractivity contribution in [3.63, 3.8) is 0 Å². The predicted octanol–water partition coefficient (Wildman–Crippen LogP) is 5.59. The van der Waals surface area contributed by atoms with Crippen molar-refractivity contribution in [1.29, 1.82) is 0 Å². The van der Waals surface area contributed by atoms with Crippen molar-refractivity contribution in [3.05, 3.63) is 59.7 Å². The number of alkyl halides is 3. The minimum Gasteiger partial charge on any atom is -0.445 e. The molecule has 1 unspecified atom stereocenters. The van der Waals surface area contributed by atoms with Gasteiger partial charge in [0.05, 0.1) is 5.57 Å². The van der Waals surface area contributed by atoms with Gasteiger partial charge < -0.3 is 9.64 Å². The van der Waals surface area contributed by atoms with E-state index >= 15 is 0 Å². The molecule has 0 bridgehead atoms. The Labute approximate surface area is 174 Å². The van der Waals surface area contributed by atoms with E-state index in [1.807, 2.05) is 37.3 Å². The zero-order valence-electron chi connectivity index (χ0n) is 16.9. The lowest BCUT2D eigenvalue weighted by Gasteiger charge is -2.44. The number of carbonyl (C=O) groups excluding carboxylic acids is 2. The number of ether oxygens (including phenoxy) is 1. The molecule has 0 aromatic heterocycles. The Morgan fingerprint density at radius 3 is 2.53 bits per heavy atom. The van der Waals surface area contributed by atoms with Gasteiger partial charge >= 0.3 is 12.3 Å². The molecule has 1 aliphatic heterocycles. The molecule has 0 N–H and O–H groups in total. The van der Waals surface area contributed by atoms with Gasteiger partial charge in [-0.2, -0.15) is 13.2 Å². The number of allylic oxidation sites excluding steroid dienone is 3. The van der Waals surface area contributed by atoms with Crippen LogP contribution in [0, 0.1) is 5.92 Å². The second kappa shape index (κ2) is 9.49. The van der Waals surface area contributed by atoms with Gasteiger partial charge in [0.2, 0.25) is 0 Å². The van der Waals surface area contributed by atoms with Crippen LogP contribution in [-0.2, 0) is 16.1 Å². The van der Waals surface area contributed by atoms with Crippen molar-refractivity contribution in [2.45, 2.75) is 63.9 Å². The lowest BCUT2D eigenvalue weighted by atomic mass is 9.81. The molecule has 4 nitrogen and oxygen atoms in total. The fourth-order valence-electron chi connectivity index (χ4n) is 4.19. The summed E-state index contributed by atoms with van der Waals surface area (Å²) >= 11 is 0. The molecule has 2 aliphatic rings. The first-order chi connectivity index (χ1) is 14.3. The Balaban J connectivity index is 1.78. The maximum absolute atomic E-state index is 13.0. The first-order valence-corrected chi connectivity index (χ1v) is 10.3. The number of ketones is 1. The number of piperidine rings is 1. The number of hydrogen-bond donors (Lipinski definition) is 0. The second-order valence-electron chi connectivity index (χ2n) is 7.82. The summed E-state index contributed by atoms with van der Waals surface area (Å²) in [6.07, 6.45) is 0.695. The van der Waals surface area contributed by atoms with Crippen molar-refractivity contribution in [2.24, 2.45) is 5.92 Å². The summed E-state index contributed by atoms with van der Waals surface area (Å²) in [7, 11) is 0. The first-order valence-electron chi connectivity index (χ1n) is 10.3. The Morgan fingerprint density at radius 2 is 1.93 bits per heavy atom. The van der Waals surface area contributed by atoms with Crippen LogP contribution in [-0.4, -0.2) is 35.0 Å². The predicted molar refractivity (Wildman–Crippen MR) is 107 cm³/mol. The van der Waals surface area contributed by atoms with Crippen LogP contribution >= 0.6 is 0 Å². The van der Waals surface area contributed by atoms with Crippen LogP contribution < -0.4 is 0 Å². The summed E-state index contributed by atoms with van der Waals surface area (Å²) in [5, 5.41) is 0. The molecule has 0 saturated carbocycles. The molecule has 1 aromatic carbocycles. The molecule has 1 fully saturated rings. The van der Waals surface area contributed by atoms with Crippen molar-refractivity contribution >= 4 is 11.9 Å². The van der Waals surface area contributed by atoms with Gasteiger partial charge in [0.25, 0.3) is 0 Å². The van der Waals surface area contributed by atoms with Crippen molar-refractivity contribution in [1.82, 2.24) is 4.90 Å².